The van der Waals surface area contributed by atoms with Gasteiger partial charge in [0, 0.05) is 20.8 Å². The molecule has 0 unspecified atom stereocenters. The SMILES string of the molecule is CC(=O)N[C@@H]1[C@@H](O[C@@H]2O[C@H](CO)[C@H](O[C@@H]3O[C@H](CO)[C@H](O[C@H]4O[C@H](CO)[C@H](O)[C@H](O[C@@H]5O[C@H](CO)[C@H](O)[C@H](O)[C@H]5O)[C@H]4NC(C)=O)[C@H](O)[C@H]3O)[C@H](O[C@@H]3O[C@H](CO)[C@H](O)[C@H](O[C@@H]4O[C@H](C(=O)O)[C@@H](O)[C@H](O)[C@@H]4O)[C@H]3O)[C@H]2O[C@@H]2O[C@@H](C)[C@@H](O)[C@@H](O)[C@@H]2O)[C@@H](O)[C@@H](CO[C@@H]2O[C@H](COS(=O)(=O)O)[C@@H](O)[C@H](O)[C@H]2NC(C)=O)O[C@@H]1O. The number of rotatable bonds is 29. The van der Waals surface area contributed by atoms with Crippen LogP contribution in [0.4, 0.5) is 0 Å². The third-order valence-corrected chi connectivity index (χ3v) is 20.5. The quantitative estimate of drug-likeness (QED) is 0.0309. The molecule has 0 aromatic carbocycles. The van der Waals surface area contributed by atoms with Crippen molar-refractivity contribution >= 4 is 34.1 Å². The van der Waals surface area contributed by atoms with Gasteiger partial charge in [-0.2, -0.15) is 8.42 Å². The number of carboxylic acid groups (broad SMARTS) is 1. The maximum Gasteiger partial charge on any atom is 0.397 e. The molecule has 0 spiro atoms. The van der Waals surface area contributed by atoms with Crippen molar-refractivity contribution < 1.29 is 239 Å². The molecule has 28 N–H and O–H groups in total. The second-order valence-corrected chi connectivity index (χ2v) is 29.1. The lowest BCUT2D eigenvalue weighted by Gasteiger charge is -2.53. The number of carbonyl (C=O) groups is 4. The number of nitrogens with one attached hydrogen (secondary N) is 3. The Kier molecular flexibility index (Phi) is 32.6. The smallest absolute Gasteiger partial charge is 0.397 e. The summed E-state index contributed by atoms with van der Waals surface area (Å²) in [7, 11) is -5.25. The van der Waals surface area contributed by atoms with Crippen molar-refractivity contribution in [3.63, 3.8) is 0 Å². The minimum absolute atomic E-state index is 0.884. The van der Waals surface area contributed by atoms with Crippen LogP contribution in [0, 0.1) is 0 Å². The van der Waals surface area contributed by atoms with Gasteiger partial charge in [-0.25, -0.2) is 8.98 Å². The summed E-state index contributed by atoms with van der Waals surface area (Å²) >= 11 is 0. The lowest BCUT2D eigenvalue weighted by atomic mass is 9.93. The van der Waals surface area contributed by atoms with E-state index in [1.54, 1.807) is 0 Å². The highest BCUT2D eigenvalue weighted by atomic mass is 32.3. The molecule has 0 radical (unpaired) electrons. The summed E-state index contributed by atoms with van der Waals surface area (Å²) in [6.45, 7) is -4.54. The Hall–Kier alpha value is -3.85. The number of ether oxygens (including phenoxy) is 17. The molecule has 9 fully saturated rings. The van der Waals surface area contributed by atoms with Gasteiger partial charge in [0.25, 0.3) is 0 Å². The molecule has 9 aliphatic rings. The van der Waals surface area contributed by atoms with Gasteiger partial charge in [0.1, 0.15) is 207 Å². The van der Waals surface area contributed by atoms with E-state index in [1.165, 1.54) is 0 Å². The third kappa shape index (κ3) is 21.0. The average Bonchev–Trinajstić information content (AvgIpc) is 0.756. The topological polar surface area (TPSA) is 810 Å². The van der Waals surface area contributed by atoms with Crippen molar-refractivity contribution in [2.75, 3.05) is 46.2 Å². The maximum absolute atomic E-state index is 13.1. The van der Waals surface area contributed by atoms with Gasteiger partial charge >= 0.3 is 16.4 Å². The second-order valence-electron chi connectivity index (χ2n) is 28.0. The number of carboxylic acids is 1. The molecule has 0 aromatic rings. The first-order valence-corrected chi connectivity index (χ1v) is 36.5. The summed E-state index contributed by atoms with van der Waals surface area (Å²) in [4.78, 5) is 50.6. The van der Waals surface area contributed by atoms with Crippen LogP contribution in [-0.4, -0.2) is 482 Å². The predicted molar refractivity (Wildman–Crippen MR) is 341 cm³/mol. The molecule has 53 heteroatoms. The van der Waals surface area contributed by atoms with Crippen LogP contribution in [0.25, 0.3) is 0 Å². The summed E-state index contributed by atoms with van der Waals surface area (Å²) in [5.74, 6) is -4.82. The van der Waals surface area contributed by atoms with E-state index in [0.29, 0.717) is 0 Å². The van der Waals surface area contributed by atoms with Gasteiger partial charge in [-0.15, -0.1) is 0 Å². The number of carbonyl (C=O) groups excluding carboxylic acids is 3. The van der Waals surface area contributed by atoms with Gasteiger partial charge in [-0.05, 0) is 6.92 Å². The minimum atomic E-state index is -5.25. The van der Waals surface area contributed by atoms with Gasteiger partial charge in [-0.1, -0.05) is 0 Å². The van der Waals surface area contributed by atoms with E-state index < -0.39 is 357 Å². The predicted octanol–water partition coefficient (Wildman–Crippen LogP) is -19.2. The van der Waals surface area contributed by atoms with Crippen molar-refractivity contribution in [2.24, 2.45) is 0 Å². The molecule has 52 nitrogen and oxygen atoms in total. The van der Waals surface area contributed by atoms with Gasteiger partial charge < -0.3 is 219 Å². The molecule has 3 amide bonds. The summed E-state index contributed by atoms with van der Waals surface area (Å²) in [6.07, 6.45) is -93.9. The fourth-order valence-electron chi connectivity index (χ4n) is 14.1. The molecule has 9 rings (SSSR count). The van der Waals surface area contributed by atoms with E-state index in [0.717, 1.165) is 27.7 Å². The van der Waals surface area contributed by atoms with Crippen molar-refractivity contribution in [3.05, 3.63) is 0 Å². The van der Waals surface area contributed by atoms with E-state index in [4.69, 9.17) is 80.5 Å². The molecular formula is C60H99N3O49S. The van der Waals surface area contributed by atoms with Crippen LogP contribution in [0.3, 0.4) is 0 Å². The van der Waals surface area contributed by atoms with Crippen LogP contribution in [0.5, 0.6) is 0 Å². The van der Waals surface area contributed by atoms with Gasteiger partial charge in [0.05, 0.1) is 52.4 Å². The van der Waals surface area contributed by atoms with Gasteiger partial charge in [0.2, 0.25) is 17.7 Å². The van der Waals surface area contributed by atoms with Crippen LogP contribution in [0.15, 0.2) is 0 Å². The van der Waals surface area contributed by atoms with E-state index in [2.05, 4.69) is 20.1 Å². The average molecular weight is 1680 g/mol. The van der Waals surface area contributed by atoms with Gasteiger partial charge in [-0.3, -0.25) is 18.9 Å². The number of hydrogen-bond acceptors (Lipinski definition) is 47. The molecule has 9 heterocycles. The lowest BCUT2D eigenvalue weighted by Crippen LogP contribution is -2.71. The molecule has 0 saturated carbocycles. The third-order valence-electron chi connectivity index (χ3n) is 20.1. The zero-order chi connectivity index (χ0) is 83.6. The molecule has 0 bridgehead atoms. The van der Waals surface area contributed by atoms with E-state index >= 15 is 0 Å². The highest BCUT2D eigenvalue weighted by molar-refractivity contribution is 7.80. The number of amides is 3. The minimum Gasteiger partial charge on any atom is -0.479 e. The van der Waals surface area contributed by atoms with Crippen molar-refractivity contribution in [3.8, 4) is 0 Å². The molecule has 9 aliphatic heterocycles. The first kappa shape index (κ1) is 93.0. The first-order chi connectivity index (χ1) is 53.1. The second kappa shape index (κ2) is 39.6. The standard InChI is InChI=1S/C60H99N3O49S/c1-12-26(72)33(79)38(84)55(97-12)112-50-49(111-59-42(88)47(30(76)18(7-66)101-59)109-58-40(86)35(81)36(82)48(110-58)51(89)90)44(106-57-41(87)37(83)43(19(8-67)102-57)105-54-25(63-15(4)71)46(29(75)17(6-65)99-54)107-56-39(85)34(80)27(73)16(5-64)100-56)20(9-68)103-60(50)108-45-24(62-14(3)70)52(91)98-21(31(45)77)10-95-53-23(61-13(2)69)32(78)28(74)22(104-53)11-96-113(92,93)94/h12,16-50,52-60,64-68,72-88,91H,5-11H2,1-4H3,(H,61,69)(H,62,70)(H,63,71)(H,89,90)(H,92,93,94)/t12-,16+,17+,18+,19+,20+,21+,22+,23+,24+,25+,26+,27-,28+,29-,30-,31-,32+,33+,34-,35-,36-,37+,38-,39+,40-,41+,42+,43-,44-,45+,46+,47-,48-,49-,50+,52-,53+,54+,55-,56-,57-,58+,59-,60-/m0/s1. The fraction of sp³-hybridized carbons (Fsp3) is 0.933. The molecule has 113 heavy (non-hydrogen) atoms. The Morgan fingerprint density at radius 2 is 0.690 bits per heavy atom. The highest BCUT2D eigenvalue weighted by Crippen LogP contribution is 2.42. The van der Waals surface area contributed by atoms with Gasteiger partial charge in [0.15, 0.2) is 62.7 Å². The normalized spacial score (nSPS) is 48.8. The number of aliphatic hydroxyl groups is 23. The summed E-state index contributed by atoms with van der Waals surface area (Å²) in [5.41, 5.74) is 0. The summed E-state index contributed by atoms with van der Waals surface area (Å²) < 4.78 is 138. The molecule has 0 aliphatic carbocycles. The maximum atomic E-state index is 13.1. The zero-order valence-corrected chi connectivity index (χ0v) is 60.6. The van der Waals surface area contributed by atoms with Crippen LogP contribution >= 0.6 is 0 Å². The van der Waals surface area contributed by atoms with Crippen LogP contribution in [-0.2, 0) is 114 Å². The Morgan fingerprint density at radius 1 is 0.319 bits per heavy atom. The van der Waals surface area contributed by atoms with Crippen molar-refractivity contribution in [1.29, 1.82) is 0 Å². The number of aliphatic hydroxyl groups excluding tert-OH is 23. The van der Waals surface area contributed by atoms with Crippen LogP contribution < -0.4 is 16.0 Å². The summed E-state index contributed by atoms with van der Waals surface area (Å²) in [5, 5.41) is 275. The Morgan fingerprint density at radius 3 is 1.25 bits per heavy atom. The molecule has 0 aromatic heterocycles. The zero-order valence-electron chi connectivity index (χ0n) is 59.8. The number of aliphatic carboxylic acids is 1. The van der Waals surface area contributed by atoms with E-state index in [9.17, 15) is 155 Å². The lowest BCUT2D eigenvalue weighted by molar-refractivity contribution is -0.420. The molecule has 45 atom stereocenters. The monoisotopic (exact) mass is 1680 g/mol. The Bertz CT molecular complexity index is 3180. The highest BCUT2D eigenvalue weighted by Gasteiger charge is 2.62. The largest absolute Gasteiger partial charge is 0.479 e. The summed E-state index contributed by atoms with van der Waals surface area (Å²) in [6, 6.07) is -5.74. The van der Waals surface area contributed by atoms with Crippen LogP contribution in [0.2, 0.25) is 0 Å². The Balaban J connectivity index is 1.11. The Labute approximate surface area is 637 Å². The van der Waals surface area contributed by atoms with E-state index in [-0.39, 0.29) is 0 Å². The van der Waals surface area contributed by atoms with E-state index in [1.807, 2.05) is 0 Å². The van der Waals surface area contributed by atoms with Crippen molar-refractivity contribution in [1.82, 2.24) is 16.0 Å². The van der Waals surface area contributed by atoms with Crippen LogP contribution in [0.1, 0.15) is 27.7 Å². The molecule has 654 valence electrons. The fourth-order valence-corrected chi connectivity index (χ4v) is 14.4. The first-order valence-electron chi connectivity index (χ1n) is 35.1. The number of hydrogen-bond donors (Lipinski definition) is 28. The van der Waals surface area contributed by atoms with Crippen molar-refractivity contribution in [2.45, 2.75) is 304 Å². The molecular weight excluding hydrogens is 1580 g/mol. The molecule has 9 saturated heterocycles.